The van der Waals surface area contributed by atoms with E-state index in [2.05, 4.69) is 10.6 Å². The summed E-state index contributed by atoms with van der Waals surface area (Å²) in [6.07, 6.45) is 1.88. The fraction of sp³-hybridized carbons (Fsp3) is 0.500. The molecule has 0 saturated heterocycles. The molecule has 0 aliphatic heterocycles. The molecule has 0 aliphatic carbocycles. The van der Waals surface area contributed by atoms with Gasteiger partial charge in [0.05, 0.1) is 0 Å². The van der Waals surface area contributed by atoms with Crippen molar-refractivity contribution in [2.75, 3.05) is 20.6 Å². The monoisotopic (exact) mass is 244 g/mol. The maximum Gasteiger partial charge on any atom is 0.128 e. The van der Waals surface area contributed by atoms with Gasteiger partial charge in [-0.1, -0.05) is 11.6 Å². The lowest BCUT2D eigenvalue weighted by atomic mass is 10.0. The minimum absolute atomic E-state index is 0.0204. The molecule has 0 fully saturated rings. The third-order valence-corrected chi connectivity index (χ3v) is 2.84. The molecule has 0 radical (unpaired) electrons. The molecule has 16 heavy (non-hydrogen) atoms. The van der Waals surface area contributed by atoms with Gasteiger partial charge in [-0.05, 0) is 51.7 Å². The van der Waals surface area contributed by atoms with E-state index in [1.165, 1.54) is 6.07 Å². The summed E-state index contributed by atoms with van der Waals surface area (Å²) in [5, 5.41) is 6.77. The quantitative estimate of drug-likeness (QED) is 0.752. The van der Waals surface area contributed by atoms with Gasteiger partial charge < -0.3 is 10.6 Å². The van der Waals surface area contributed by atoms with Crippen molar-refractivity contribution in [3.05, 3.63) is 34.6 Å². The van der Waals surface area contributed by atoms with Crippen LogP contribution < -0.4 is 10.6 Å². The van der Waals surface area contributed by atoms with Crippen LogP contribution in [0.25, 0.3) is 0 Å². The molecule has 1 rings (SSSR count). The Hall–Kier alpha value is -0.640. The van der Waals surface area contributed by atoms with E-state index in [1.807, 2.05) is 14.1 Å². The van der Waals surface area contributed by atoms with Crippen molar-refractivity contribution in [3.8, 4) is 0 Å². The molecule has 2 nitrogen and oxygen atoms in total. The van der Waals surface area contributed by atoms with E-state index in [-0.39, 0.29) is 11.9 Å². The van der Waals surface area contributed by atoms with Crippen LogP contribution in [0, 0.1) is 5.82 Å². The summed E-state index contributed by atoms with van der Waals surface area (Å²) in [5.41, 5.74) is 0.645. The maximum absolute atomic E-state index is 13.6. The first kappa shape index (κ1) is 13.4. The van der Waals surface area contributed by atoms with Gasteiger partial charge in [-0.3, -0.25) is 0 Å². The molecule has 4 heteroatoms. The van der Waals surface area contributed by atoms with E-state index >= 15 is 0 Å². The van der Waals surface area contributed by atoms with E-state index in [0.717, 1.165) is 19.4 Å². The summed E-state index contributed by atoms with van der Waals surface area (Å²) in [6.45, 7) is 0.931. The van der Waals surface area contributed by atoms with Crippen molar-refractivity contribution in [3.63, 3.8) is 0 Å². The van der Waals surface area contributed by atoms with Crippen molar-refractivity contribution in [1.82, 2.24) is 10.6 Å². The number of halogens is 2. The second kappa shape index (κ2) is 6.84. The number of hydrogen-bond acceptors (Lipinski definition) is 2. The standard InChI is InChI=1S/C12H18ClFN2/c1-15-7-3-4-12(16-2)10-8-9(13)5-6-11(10)14/h5-6,8,12,15-16H,3-4,7H2,1-2H3. The molecule has 1 atom stereocenters. The van der Waals surface area contributed by atoms with Gasteiger partial charge in [-0.25, -0.2) is 4.39 Å². The first-order valence-corrected chi connectivity index (χ1v) is 5.83. The highest BCUT2D eigenvalue weighted by atomic mass is 35.5. The van der Waals surface area contributed by atoms with Crippen molar-refractivity contribution < 1.29 is 4.39 Å². The smallest absolute Gasteiger partial charge is 0.128 e. The Kier molecular flexibility index (Phi) is 5.74. The topological polar surface area (TPSA) is 24.1 Å². The Morgan fingerprint density at radius 3 is 2.75 bits per heavy atom. The summed E-state index contributed by atoms with van der Waals surface area (Å²) in [6, 6.07) is 4.70. The molecular weight excluding hydrogens is 227 g/mol. The average Bonchev–Trinajstić information content (AvgIpc) is 2.28. The van der Waals surface area contributed by atoms with Crippen LogP contribution in [0.2, 0.25) is 5.02 Å². The van der Waals surface area contributed by atoms with Crippen LogP contribution in [0.1, 0.15) is 24.4 Å². The predicted molar refractivity (Wildman–Crippen MR) is 66.4 cm³/mol. The molecule has 1 aromatic rings. The number of nitrogens with one attached hydrogen (secondary N) is 2. The van der Waals surface area contributed by atoms with E-state index in [1.54, 1.807) is 12.1 Å². The lowest BCUT2D eigenvalue weighted by Crippen LogP contribution is -2.19. The largest absolute Gasteiger partial charge is 0.320 e. The van der Waals surface area contributed by atoms with Crippen LogP contribution in [0.4, 0.5) is 4.39 Å². The fourth-order valence-corrected chi connectivity index (χ4v) is 1.90. The van der Waals surface area contributed by atoms with Crippen LogP contribution in [0.5, 0.6) is 0 Å². The molecule has 0 amide bonds. The van der Waals surface area contributed by atoms with Crippen LogP contribution in [0.3, 0.4) is 0 Å². The molecule has 1 aromatic carbocycles. The van der Waals surface area contributed by atoms with Gasteiger partial charge in [-0.15, -0.1) is 0 Å². The third kappa shape index (κ3) is 3.74. The van der Waals surface area contributed by atoms with Gasteiger partial charge in [0.2, 0.25) is 0 Å². The molecule has 0 heterocycles. The molecule has 0 bridgehead atoms. The van der Waals surface area contributed by atoms with Gasteiger partial charge in [0.15, 0.2) is 0 Å². The zero-order valence-electron chi connectivity index (χ0n) is 9.69. The molecule has 90 valence electrons. The minimum atomic E-state index is -0.201. The predicted octanol–water partition coefficient (Wildman–Crippen LogP) is 2.74. The first-order chi connectivity index (χ1) is 7.69. The second-order valence-corrected chi connectivity index (χ2v) is 4.19. The summed E-state index contributed by atoms with van der Waals surface area (Å²) in [5.74, 6) is -0.201. The number of rotatable bonds is 6. The molecule has 0 aliphatic rings. The lowest BCUT2D eigenvalue weighted by Gasteiger charge is -2.17. The number of hydrogen-bond donors (Lipinski definition) is 2. The number of benzene rings is 1. The Morgan fingerprint density at radius 2 is 2.12 bits per heavy atom. The molecule has 0 aromatic heterocycles. The van der Waals surface area contributed by atoms with E-state index in [0.29, 0.717) is 10.6 Å². The summed E-state index contributed by atoms with van der Waals surface area (Å²) in [4.78, 5) is 0. The summed E-state index contributed by atoms with van der Waals surface area (Å²) >= 11 is 5.87. The first-order valence-electron chi connectivity index (χ1n) is 5.46. The van der Waals surface area contributed by atoms with Crippen molar-refractivity contribution in [1.29, 1.82) is 0 Å². The van der Waals surface area contributed by atoms with Crippen molar-refractivity contribution >= 4 is 11.6 Å². The highest BCUT2D eigenvalue weighted by Crippen LogP contribution is 2.24. The van der Waals surface area contributed by atoms with Crippen LogP contribution in [0.15, 0.2) is 18.2 Å². The van der Waals surface area contributed by atoms with Gasteiger partial charge in [0.1, 0.15) is 5.82 Å². The Labute approximate surface area is 101 Å². The van der Waals surface area contributed by atoms with Gasteiger partial charge in [0, 0.05) is 16.6 Å². The van der Waals surface area contributed by atoms with Crippen LogP contribution >= 0.6 is 11.6 Å². The van der Waals surface area contributed by atoms with Gasteiger partial charge in [0.25, 0.3) is 0 Å². The van der Waals surface area contributed by atoms with Gasteiger partial charge >= 0.3 is 0 Å². The average molecular weight is 245 g/mol. The summed E-state index contributed by atoms with van der Waals surface area (Å²) < 4.78 is 13.6. The molecular formula is C12H18ClFN2. The Morgan fingerprint density at radius 1 is 1.38 bits per heavy atom. The Balaban J connectivity index is 2.73. The Bertz CT molecular complexity index is 331. The van der Waals surface area contributed by atoms with Crippen molar-refractivity contribution in [2.24, 2.45) is 0 Å². The molecule has 1 unspecified atom stereocenters. The normalized spacial score (nSPS) is 12.8. The zero-order chi connectivity index (χ0) is 12.0. The van der Waals surface area contributed by atoms with Crippen LogP contribution in [-0.4, -0.2) is 20.6 Å². The highest BCUT2D eigenvalue weighted by molar-refractivity contribution is 6.30. The molecule has 0 spiro atoms. The molecule has 0 saturated carbocycles. The third-order valence-electron chi connectivity index (χ3n) is 2.60. The zero-order valence-corrected chi connectivity index (χ0v) is 10.4. The maximum atomic E-state index is 13.6. The highest BCUT2D eigenvalue weighted by Gasteiger charge is 2.13. The van der Waals surface area contributed by atoms with E-state index in [9.17, 15) is 4.39 Å². The SMILES string of the molecule is CNCCCC(NC)c1cc(Cl)ccc1F. The van der Waals surface area contributed by atoms with E-state index in [4.69, 9.17) is 11.6 Å². The fourth-order valence-electron chi connectivity index (χ4n) is 1.72. The minimum Gasteiger partial charge on any atom is -0.320 e. The van der Waals surface area contributed by atoms with Gasteiger partial charge in [-0.2, -0.15) is 0 Å². The lowest BCUT2D eigenvalue weighted by molar-refractivity contribution is 0.489. The second-order valence-electron chi connectivity index (χ2n) is 3.75. The van der Waals surface area contributed by atoms with Crippen LogP contribution in [-0.2, 0) is 0 Å². The molecule has 2 N–H and O–H groups in total. The van der Waals surface area contributed by atoms with Crippen molar-refractivity contribution in [2.45, 2.75) is 18.9 Å². The summed E-state index contributed by atoms with van der Waals surface area (Å²) in [7, 11) is 3.75. The van der Waals surface area contributed by atoms with E-state index < -0.39 is 0 Å².